The van der Waals surface area contributed by atoms with Crippen molar-refractivity contribution in [1.29, 1.82) is 0 Å². The molecule has 0 aromatic heterocycles. The Morgan fingerprint density at radius 3 is 1.83 bits per heavy atom. The van der Waals surface area contributed by atoms with Gasteiger partial charge in [-0.3, -0.25) is 4.79 Å². The molecule has 0 saturated heterocycles. The number of ether oxygens (including phenoxy) is 2. The number of carbonyl (C=O) groups is 1. The van der Waals surface area contributed by atoms with Crippen molar-refractivity contribution in [2.24, 2.45) is 5.14 Å². The molecule has 0 unspecified atom stereocenters. The molecule has 156 valence electrons. The van der Waals surface area contributed by atoms with Gasteiger partial charge in [-0.15, -0.1) is 0 Å². The van der Waals surface area contributed by atoms with Gasteiger partial charge in [-0.2, -0.15) is 0 Å². The smallest absolute Gasteiger partial charge is 0.306 e. The summed E-state index contributed by atoms with van der Waals surface area (Å²) in [5, 5.41) is 5.06. The fraction of sp³-hybridized carbons (Fsp3) is 0.174. The molecule has 30 heavy (non-hydrogen) atoms. The SMILES string of the molecule is NS(=O)(=O)c1ccc(OCCOC(=O)CC(c2ccccc2)c2ccccc2)cc1. The van der Waals surface area contributed by atoms with Crippen LogP contribution in [-0.2, 0) is 19.6 Å². The Bertz CT molecular complexity index is 1010. The first-order valence-corrected chi connectivity index (χ1v) is 11.0. The lowest BCUT2D eigenvalue weighted by molar-refractivity contribution is -0.144. The number of sulfonamides is 1. The first kappa shape index (κ1) is 21.5. The highest BCUT2D eigenvalue weighted by Crippen LogP contribution is 2.28. The van der Waals surface area contributed by atoms with Crippen LogP contribution in [0.2, 0.25) is 0 Å². The summed E-state index contributed by atoms with van der Waals surface area (Å²) in [4.78, 5) is 12.4. The van der Waals surface area contributed by atoms with Gasteiger partial charge in [-0.25, -0.2) is 13.6 Å². The van der Waals surface area contributed by atoms with Crippen LogP contribution in [0.4, 0.5) is 0 Å². The average Bonchev–Trinajstić information content (AvgIpc) is 2.76. The van der Waals surface area contributed by atoms with E-state index in [1.54, 1.807) is 0 Å². The van der Waals surface area contributed by atoms with Crippen molar-refractivity contribution in [2.75, 3.05) is 13.2 Å². The van der Waals surface area contributed by atoms with Crippen molar-refractivity contribution in [2.45, 2.75) is 17.2 Å². The van der Waals surface area contributed by atoms with Crippen LogP contribution in [0.25, 0.3) is 0 Å². The van der Waals surface area contributed by atoms with Crippen LogP contribution >= 0.6 is 0 Å². The lowest BCUT2D eigenvalue weighted by atomic mass is 9.89. The van der Waals surface area contributed by atoms with Gasteiger partial charge in [0.25, 0.3) is 0 Å². The fourth-order valence-corrected chi connectivity index (χ4v) is 3.58. The molecule has 3 aromatic carbocycles. The maximum Gasteiger partial charge on any atom is 0.306 e. The second-order valence-corrected chi connectivity index (χ2v) is 8.22. The molecule has 0 radical (unpaired) electrons. The van der Waals surface area contributed by atoms with E-state index in [1.165, 1.54) is 24.3 Å². The quantitative estimate of drug-likeness (QED) is 0.418. The lowest BCUT2D eigenvalue weighted by Crippen LogP contribution is -2.15. The number of nitrogens with two attached hydrogens (primary N) is 1. The van der Waals surface area contributed by atoms with Crippen molar-refractivity contribution in [3.05, 3.63) is 96.1 Å². The molecule has 0 atom stereocenters. The number of rotatable bonds is 9. The Kier molecular flexibility index (Phi) is 7.21. The molecule has 0 aliphatic heterocycles. The van der Waals surface area contributed by atoms with E-state index in [0.717, 1.165) is 11.1 Å². The molecule has 0 spiro atoms. The summed E-state index contributed by atoms with van der Waals surface area (Å²) in [7, 11) is -3.74. The number of primary sulfonamides is 1. The highest BCUT2D eigenvalue weighted by Gasteiger charge is 2.19. The van der Waals surface area contributed by atoms with Gasteiger partial charge < -0.3 is 9.47 Å². The average molecular weight is 426 g/mol. The van der Waals surface area contributed by atoms with Crippen LogP contribution in [0.5, 0.6) is 5.75 Å². The van der Waals surface area contributed by atoms with E-state index in [4.69, 9.17) is 14.6 Å². The molecule has 0 fully saturated rings. The molecular weight excluding hydrogens is 402 g/mol. The maximum atomic E-state index is 12.4. The number of benzene rings is 3. The molecule has 3 aromatic rings. The van der Waals surface area contributed by atoms with E-state index in [9.17, 15) is 13.2 Å². The summed E-state index contributed by atoms with van der Waals surface area (Å²) in [6.45, 7) is 0.244. The first-order chi connectivity index (χ1) is 14.4. The lowest BCUT2D eigenvalue weighted by Gasteiger charge is -2.17. The Morgan fingerprint density at radius 2 is 1.33 bits per heavy atom. The van der Waals surface area contributed by atoms with Gasteiger partial charge in [-0.1, -0.05) is 60.7 Å². The molecule has 7 heteroatoms. The van der Waals surface area contributed by atoms with Gasteiger partial charge in [0.05, 0.1) is 11.3 Å². The van der Waals surface area contributed by atoms with Gasteiger partial charge in [0.15, 0.2) is 0 Å². The maximum absolute atomic E-state index is 12.4. The third-order valence-electron chi connectivity index (χ3n) is 4.54. The summed E-state index contributed by atoms with van der Waals surface area (Å²) in [5.74, 6) is 0.0531. The zero-order chi connectivity index (χ0) is 21.4. The highest BCUT2D eigenvalue weighted by atomic mass is 32.2. The van der Waals surface area contributed by atoms with E-state index < -0.39 is 10.0 Å². The zero-order valence-electron chi connectivity index (χ0n) is 16.3. The predicted molar refractivity (Wildman–Crippen MR) is 114 cm³/mol. The first-order valence-electron chi connectivity index (χ1n) is 9.44. The molecular formula is C23H23NO5S. The monoisotopic (exact) mass is 425 g/mol. The largest absolute Gasteiger partial charge is 0.490 e. The van der Waals surface area contributed by atoms with Gasteiger partial charge in [0.1, 0.15) is 19.0 Å². The normalized spacial score (nSPS) is 11.3. The highest BCUT2D eigenvalue weighted by molar-refractivity contribution is 7.89. The van der Waals surface area contributed by atoms with Crippen LogP contribution in [0.1, 0.15) is 23.5 Å². The molecule has 0 amide bonds. The molecule has 0 heterocycles. The van der Waals surface area contributed by atoms with Crippen LogP contribution in [-0.4, -0.2) is 27.6 Å². The molecule has 0 aliphatic carbocycles. The standard InChI is InChI=1S/C23H23NO5S/c24-30(26,27)21-13-11-20(12-14-21)28-15-16-29-23(25)17-22(18-7-3-1-4-8-18)19-9-5-2-6-10-19/h1-14,22H,15-17H2,(H2,24,26,27). The van der Waals surface area contributed by atoms with Crippen molar-refractivity contribution in [3.63, 3.8) is 0 Å². The van der Waals surface area contributed by atoms with E-state index in [-0.39, 0.29) is 36.4 Å². The van der Waals surface area contributed by atoms with Crippen molar-refractivity contribution >= 4 is 16.0 Å². The Labute approximate surface area is 176 Å². The Hall–Kier alpha value is -3.16. The molecule has 6 nitrogen and oxygen atoms in total. The minimum absolute atomic E-state index is 0.00847. The van der Waals surface area contributed by atoms with Gasteiger partial charge >= 0.3 is 5.97 Å². The van der Waals surface area contributed by atoms with Crippen LogP contribution in [0, 0.1) is 0 Å². The summed E-state index contributed by atoms with van der Waals surface area (Å²) >= 11 is 0. The number of hydrogen-bond donors (Lipinski definition) is 1. The van der Waals surface area contributed by atoms with Crippen LogP contribution in [0.15, 0.2) is 89.8 Å². The molecule has 0 aliphatic rings. The van der Waals surface area contributed by atoms with Gasteiger partial charge in [-0.05, 0) is 35.4 Å². The van der Waals surface area contributed by atoms with Crippen LogP contribution < -0.4 is 9.88 Å². The summed E-state index contributed by atoms with van der Waals surface area (Å²) < 4.78 is 33.3. The van der Waals surface area contributed by atoms with E-state index in [2.05, 4.69) is 0 Å². The van der Waals surface area contributed by atoms with E-state index in [0.29, 0.717) is 5.75 Å². The van der Waals surface area contributed by atoms with E-state index >= 15 is 0 Å². The molecule has 2 N–H and O–H groups in total. The molecule has 3 rings (SSSR count). The van der Waals surface area contributed by atoms with Crippen LogP contribution in [0.3, 0.4) is 0 Å². The van der Waals surface area contributed by atoms with Gasteiger partial charge in [0, 0.05) is 5.92 Å². The summed E-state index contributed by atoms with van der Waals surface area (Å²) in [6.07, 6.45) is 0.219. The van der Waals surface area contributed by atoms with Crippen molar-refractivity contribution in [1.82, 2.24) is 0 Å². The number of carbonyl (C=O) groups excluding carboxylic acids is 1. The zero-order valence-corrected chi connectivity index (χ0v) is 17.1. The predicted octanol–water partition coefficient (Wildman–Crippen LogP) is 3.48. The molecule has 0 saturated carbocycles. The Morgan fingerprint density at radius 1 is 0.800 bits per heavy atom. The second kappa shape index (κ2) is 10.0. The topological polar surface area (TPSA) is 95.7 Å². The van der Waals surface area contributed by atoms with E-state index in [1.807, 2.05) is 60.7 Å². The van der Waals surface area contributed by atoms with Gasteiger partial charge in [0.2, 0.25) is 10.0 Å². The molecule has 0 bridgehead atoms. The Balaban J connectivity index is 1.52. The number of esters is 1. The third kappa shape index (κ3) is 6.17. The minimum Gasteiger partial charge on any atom is -0.490 e. The van der Waals surface area contributed by atoms with Crippen molar-refractivity contribution in [3.8, 4) is 5.75 Å². The number of hydrogen-bond acceptors (Lipinski definition) is 5. The summed E-state index contributed by atoms with van der Waals surface area (Å²) in [5.41, 5.74) is 2.10. The fourth-order valence-electron chi connectivity index (χ4n) is 3.07. The summed E-state index contributed by atoms with van der Waals surface area (Å²) in [6, 6.07) is 25.4. The third-order valence-corrected chi connectivity index (χ3v) is 5.47. The second-order valence-electron chi connectivity index (χ2n) is 6.66. The van der Waals surface area contributed by atoms with Crippen molar-refractivity contribution < 1.29 is 22.7 Å². The minimum atomic E-state index is -3.74.